The van der Waals surface area contributed by atoms with Crippen LogP contribution in [0.5, 0.6) is 5.75 Å². The van der Waals surface area contributed by atoms with Crippen LogP contribution in [0.25, 0.3) is 0 Å². The lowest BCUT2D eigenvalue weighted by atomic mass is 9.80. The fourth-order valence-electron chi connectivity index (χ4n) is 2.65. The SMILES string of the molecule is CC(C)C(c1ccc(OC(C)(C)C)cc1)C(C)C. The van der Waals surface area contributed by atoms with E-state index in [1.807, 2.05) is 0 Å². The molecule has 0 aliphatic heterocycles. The zero-order valence-electron chi connectivity index (χ0n) is 12.9. The monoisotopic (exact) mass is 248 g/mol. The first-order valence-electron chi connectivity index (χ1n) is 6.99. The fraction of sp³-hybridized carbons (Fsp3) is 0.647. The van der Waals surface area contributed by atoms with Crippen molar-refractivity contribution in [1.29, 1.82) is 0 Å². The Morgan fingerprint density at radius 2 is 1.28 bits per heavy atom. The van der Waals surface area contributed by atoms with Gasteiger partial charge >= 0.3 is 0 Å². The third-order valence-corrected chi connectivity index (χ3v) is 3.13. The summed E-state index contributed by atoms with van der Waals surface area (Å²) in [5.41, 5.74) is 1.29. The van der Waals surface area contributed by atoms with Gasteiger partial charge in [-0.3, -0.25) is 0 Å². The molecule has 1 nitrogen and oxygen atoms in total. The third-order valence-electron chi connectivity index (χ3n) is 3.13. The topological polar surface area (TPSA) is 9.23 Å². The maximum atomic E-state index is 5.86. The second-order valence-corrected chi connectivity index (χ2v) is 6.80. The molecule has 0 amide bonds. The molecule has 0 bridgehead atoms. The van der Waals surface area contributed by atoms with Gasteiger partial charge in [0, 0.05) is 0 Å². The Hall–Kier alpha value is -0.980. The second kappa shape index (κ2) is 5.77. The smallest absolute Gasteiger partial charge is 0.120 e. The van der Waals surface area contributed by atoms with Crippen LogP contribution in [0.4, 0.5) is 0 Å². The van der Waals surface area contributed by atoms with E-state index < -0.39 is 0 Å². The van der Waals surface area contributed by atoms with E-state index in [0.29, 0.717) is 17.8 Å². The summed E-state index contributed by atoms with van der Waals surface area (Å²) in [6.45, 7) is 15.4. The molecule has 0 fully saturated rings. The summed E-state index contributed by atoms with van der Waals surface area (Å²) in [5.74, 6) is 2.91. The Morgan fingerprint density at radius 3 is 1.61 bits per heavy atom. The largest absolute Gasteiger partial charge is 0.488 e. The summed E-state index contributed by atoms with van der Waals surface area (Å²) in [6.07, 6.45) is 0. The highest BCUT2D eigenvalue weighted by molar-refractivity contribution is 5.30. The summed E-state index contributed by atoms with van der Waals surface area (Å²) in [4.78, 5) is 0. The fourth-order valence-corrected chi connectivity index (χ4v) is 2.65. The Morgan fingerprint density at radius 1 is 0.833 bits per heavy atom. The van der Waals surface area contributed by atoms with E-state index in [4.69, 9.17) is 4.74 Å². The molecule has 0 unspecified atom stereocenters. The lowest BCUT2D eigenvalue weighted by Gasteiger charge is -2.26. The van der Waals surface area contributed by atoms with E-state index in [-0.39, 0.29) is 5.60 Å². The number of benzene rings is 1. The van der Waals surface area contributed by atoms with Gasteiger partial charge in [-0.15, -0.1) is 0 Å². The van der Waals surface area contributed by atoms with Gasteiger partial charge in [-0.2, -0.15) is 0 Å². The zero-order valence-corrected chi connectivity index (χ0v) is 12.9. The lowest BCUT2D eigenvalue weighted by Crippen LogP contribution is -2.23. The number of rotatable bonds is 4. The van der Waals surface area contributed by atoms with Gasteiger partial charge in [-0.25, -0.2) is 0 Å². The molecule has 0 saturated carbocycles. The normalized spacial score (nSPS) is 12.6. The first-order chi connectivity index (χ1) is 8.20. The van der Waals surface area contributed by atoms with E-state index in [9.17, 15) is 0 Å². The number of ether oxygens (including phenoxy) is 1. The molecule has 102 valence electrons. The minimum absolute atomic E-state index is 0.128. The van der Waals surface area contributed by atoms with Gasteiger partial charge in [0.1, 0.15) is 11.4 Å². The van der Waals surface area contributed by atoms with Gasteiger partial charge in [0.15, 0.2) is 0 Å². The summed E-state index contributed by atoms with van der Waals surface area (Å²) < 4.78 is 5.86. The van der Waals surface area contributed by atoms with Crippen LogP contribution in [0.15, 0.2) is 24.3 Å². The molecule has 0 atom stereocenters. The Labute approximate surface area is 113 Å². The number of hydrogen-bond donors (Lipinski definition) is 0. The average molecular weight is 248 g/mol. The van der Waals surface area contributed by atoms with Gasteiger partial charge in [-0.05, 0) is 56.2 Å². The molecule has 0 aliphatic carbocycles. The molecule has 0 radical (unpaired) electrons. The highest BCUT2D eigenvalue weighted by Crippen LogP contribution is 2.33. The molecule has 0 N–H and O–H groups in total. The molecule has 1 rings (SSSR count). The van der Waals surface area contributed by atoms with Gasteiger partial charge in [0.05, 0.1) is 0 Å². The van der Waals surface area contributed by atoms with Gasteiger partial charge in [0.25, 0.3) is 0 Å². The zero-order chi connectivity index (χ0) is 13.9. The van der Waals surface area contributed by atoms with Crippen LogP contribution >= 0.6 is 0 Å². The predicted octanol–water partition coefficient (Wildman–Crippen LogP) is 5.26. The predicted molar refractivity (Wildman–Crippen MR) is 79.2 cm³/mol. The van der Waals surface area contributed by atoms with E-state index in [0.717, 1.165) is 5.75 Å². The second-order valence-electron chi connectivity index (χ2n) is 6.80. The molecule has 1 heteroatoms. The van der Waals surface area contributed by atoms with Crippen LogP contribution in [0.3, 0.4) is 0 Å². The molecule has 0 saturated heterocycles. The van der Waals surface area contributed by atoms with Gasteiger partial charge < -0.3 is 4.74 Å². The molecule has 0 aromatic heterocycles. The van der Waals surface area contributed by atoms with E-state index in [1.165, 1.54) is 5.56 Å². The standard InChI is InChI=1S/C17H28O/c1-12(2)16(13(3)4)14-8-10-15(11-9-14)18-17(5,6)7/h8-13,16H,1-7H3. The molecule has 18 heavy (non-hydrogen) atoms. The van der Waals surface area contributed by atoms with E-state index >= 15 is 0 Å². The van der Waals surface area contributed by atoms with E-state index in [1.54, 1.807) is 0 Å². The van der Waals surface area contributed by atoms with Crippen LogP contribution in [0, 0.1) is 11.8 Å². The van der Waals surface area contributed by atoms with Crippen LogP contribution in [-0.2, 0) is 0 Å². The Kier molecular flexibility index (Phi) is 4.84. The first-order valence-corrected chi connectivity index (χ1v) is 6.99. The van der Waals surface area contributed by atoms with Crippen molar-refractivity contribution < 1.29 is 4.74 Å². The van der Waals surface area contributed by atoms with Crippen LogP contribution in [-0.4, -0.2) is 5.60 Å². The molecule has 1 aromatic carbocycles. The highest BCUT2D eigenvalue weighted by atomic mass is 16.5. The van der Waals surface area contributed by atoms with Crippen LogP contribution < -0.4 is 4.74 Å². The van der Waals surface area contributed by atoms with Crippen LogP contribution in [0.1, 0.15) is 59.9 Å². The maximum Gasteiger partial charge on any atom is 0.120 e. The van der Waals surface area contributed by atoms with Crippen molar-refractivity contribution in [2.24, 2.45) is 11.8 Å². The molecule has 0 heterocycles. The van der Waals surface area contributed by atoms with Crippen molar-refractivity contribution in [3.63, 3.8) is 0 Å². The quantitative estimate of drug-likeness (QED) is 0.706. The molecular weight excluding hydrogens is 220 g/mol. The van der Waals surface area contributed by atoms with Gasteiger partial charge in [0.2, 0.25) is 0 Å². The molecule has 0 aliphatic rings. The minimum Gasteiger partial charge on any atom is -0.488 e. The highest BCUT2D eigenvalue weighted by Gasteiger charge is 2.20. The minimum atomic E-state index is -0.128. The van der Waals surface area contributed by atoms with Crippen molar-refractivity contribution in [1.82, 2.24) is 0 Å². The summed E-state index contributed by atoms with van der Waals surface area (Å²) in [6, 6.07) is 8.62. The molecule has 0 spiro atoms. The van der Waals surface area contributed by atoms with Crippen molar-refractivity contribution in [3.8, 4) is 5.75 Å². The average Bonchev–Trinajstić information content (AvgIpc) is 2.17. The van der Waals surface area contributed by atoms with Crippen molar-refractivity contribution >= 4 is 0 Å². The third kappa shape index (κ3) is 4.36. The number of hydrogen-bond acceptors (Lipinski definition) is 1. The maximum absolute atomic E-state index is 5.86. The molecule has 1 aromatic rings. The Balaban J connectivity index is 2.87. The van der Waals surface area contributed by atoms with E-state index in [2.05, 4.69) is 72.7 Å². The summed E-state index contributed by atoms with van der Waals surface area (Å²) >= 11 is 0. The summed E-state index contributed by atoms with van der Waals surface area (Å²) in [5, 5.41) is 0. The van der Waals surface area contributed by atoms with Crippen molar-refractivity contribution in [2.45, 2.75) is 60.0 Å². The van der Waals surface area contributed by atoms with Gasteiger partial charge in [-0.1, -0.05) is 39.8 Å². The molecular formula is C17H28O. The van der Waals surface area contributed by atoms with Crippen molar-refractivity contribution in [3.05, 3.63) is 29.8 Å². The summed E-state index contributed by atoms with van der Waals surface area (Å²) in [7, 11) is 0. The first kappa shape index (κ1) is 15.1. The Bertz CT molecular complexity index is 346. The van der Waals surface area contributed by atoms with Crippen LogP contribution in [0.2, 0.25) is 0 Å². The lowest BCUT2D eigenvalue weighted by molar-refractivity contribution is 0.131. The van der Waals surface area contributed by atoms with Crippen molar-refractivity contribution in [2.75, 3.05) is 0 Å².